The molecule has 1 amide bonds. The lowest BCUT2D eigenvalue weighted by Gasteiger charge is -2.20. The molecule has 3 aromatic carbocycles. The molecular weight excluding hydrogens is 609 g/mol. The summed E-state index contributed by atoms with van der Waals surface area (Å²) in [6.45, 7) is 8.90. The van der Waals surface area contributed by atoms with E-state index in [0.29, 0.717) is 55.1 Å². The van der Waals surface area contributed by atoms with Crippen LogP contribution in [0.25, 0.3) is 16.7 Å². The van der Waals surface area contributed by atoms with Crippen molar-refractivity contribution in [2.24, 2.45) is 7.05 Å². The third-order valence-electron chi connectivity index (χ3n) is 9.04. The number of carboxylic acid groups (broad SMARTS) is 1. The van der Waals surface area contributed by atoms with Gasteiger partial charge in [0, 0.05) is 58.1 Å². The zero-order valence-electron chi connectivity index (χ0n) is 26.1. The van der Waals surface area contributed by atoms with Crippen LogP contribution in [-0.2, 0) is 24.7 Å². The Hall–Kier alpha value is -4.07. The largest absolute Gasteiger partial charge is 0.494 e. The number of fused-ring (bicyclic) bond motifs is 2. The van der Waals surface area contributed by atoms with Gasteiger partial charge in [0.2, 0.25) is 0 Å². The van der Waals surface area contributed by atoms with Crippen molar-refractivity contribution in [1.29, 1.82) is 0 Å². The van der Waals surface area contributed by atoms with Crippen molar-refractivity contribution in [3.63, 3.8) is 0 Å². The summed E-state index contributed by atoms with van der Waals surface area (Å²) in [4.78, 5) is 27.9. The Labute approximate surface area is 273 Å². The average molecular weight is 645 g/mol. The summed E-state index contributed by atoms with van der Waals surface area (Å²) >= 11 is 13.3. The number of ether oxygens (including phenoxy) is 1. The molecule has 0 unspecified atom stereocenters. The maximum absolute atomic E-state index is 14.4. The number of hydrogen-bond donors (Lipinski definition) is 1. The van der Waals surface area contributed by atoms with Gasteiger partial charge < -0.3 is 14.7 Å². The molecule has 0 spiro atoms. The highest BCUT2D eigenvalue weighted by atomic mass is 35.5. The Morgan fingerprint density at radius 3 is 2.40 bits per heavy atom. The second kappa shape index (κ2) is 12.0. The minimum Gasteiger partial charge on any atom is -0.494 e. The molecule has 2 heterocycles. The van der Waals surface area contributed by atoms with Crippen molar-refractivity contribution >= 4 is 46.3 Å². The number of aryl methyl sites for hydroxylation is 4. The lowest BCUT2D eigenvalue weighted by Crippen LogP contribution is -2.31. The number of carboxylic acids is 1. The van der Waals surface area contributed by atoms with Gasteiger partial charge in [-0.2, -0.15) is 5.10 Å². The molecule has 45 heavy (non-hydrogen) atoms. The second-order valence-corrected chi connectivity index (χ2v) is 12.7. The van der Waals surface area contributed by atoms with E-state index in [1.54, 1.807) is 17.0 Å². The third-order valence-corrected chi connectivity index (χ3v) is 9.96. The predicted molar refractivity (Wildman–Crippen MR) is 179 cm³/mol. The molecule has 232 valence electrons. The molecule has 4 aromatic rings. The van der Waals surface area contributed by atoms with E-state index in [1.165, 1.54) is 0 Å². The van der Waals surface area contributed by atoms with Crippen molar-refractivity contribution in [1.82, 2.24) is 9.78 Å². The number of halogens is 2. The number of rotatable bonds is 8. The SMILES string of the molecule is Cc1cc(OCCCC2=C(C(=O)N3CCc4ccc(C(=O)O)cc43)Cc3c2ccc(Cl)c3-c2c(C)nn(C)c2C)cc(C)c1Cl. The molecule has 1 aliphatic heterocycles. The number of carbonyl (C=O) groups excluding carboxylic acids is 1. The number of allylic oxidation sites excluding steroid dienone is 1. The first-order valence-electron chi connectivity index (χ1n) is 15.1. The van der Waals surface area contributed by atoms with Gasteiger partial charge in [-0.15, -0.1) is 0 Å². The van der Waals surface area contributed by atoms with Gasteiger partial charge in [-0.25, -0.2) is 4.79 Å². The molecule has 0 fully saturated rings. The lowest BCUT2D eigenvalue weighted by atomic mass is 9.93. The molecule has 0 saturated carbocycles. The Balaban J connectivity index is 1.37. The monoisotopic (exact) mass is 643 g/mol. The van der Waals surface area contributed by atoms with Crippen LogP contribution in [0, 0.1) is 27.7 Å². The number of nitrogens with zero attached hydrogens (tertiary/aromatic N) is 3. The topological polar surface area (TPSA) is 84.7 Å². The fraction of sp³-hybridized carbons (Fsp3) is 0.306. The van der Waals surface area contributed by atoms with Crippen molar-refractivity contribution in [2.45, 2.75) is 53.4 Å². The summed E-state index contributed by atoms with van der Waals surface area (Å²) in [6.07, 6.45) is 2.42. The highest BCUT2D eigenvalue weighted by Crippen LogP contribution is 2.46. The van der Waals surface area contributed by atoms with E-state index < -0.39 is 5.97 Å². The molecule has 2 aliphatic rings. The van der Waals surface area contributed by atoms with Crippen LogP contribution in [0.15, 0.2) is 48.0 Å². The van der Waals surface area contributed by atoms with E-state index in [-0.39, 0.29) is 11.5 Å². The fourth-order valence-corrected chi connectivity index (χ4v) is 7.12. The highest BCUT2D eigenvalue weighted by Gasteiger charge is 2.35. The van der Waals surface area contributed by atoms with Gasteiger partial charge in [0.15, 0.2) is 0 Å². The molecule has 0 radical (unpaired) electrons. The van der Waals surface area contributed by atoms with Gasteiger partial charge in [-0.3, -0.25) is 9.48 Å². The Bertz CT molecular complexity index is 1900. The fourth-order valence-electron chi connectivity index (χ4n) is 6.74. The number of hydrogen-bond acceptors (Lipinski definition) is 4. The van der Waals surface area contributed by atoms with Crippen LogP contribution in [0.4, 0.5) is 5.69 Å². The molecule has 9 heteroatoms. The van der Waals surface area contributed by atoms with E-state index >= 15 is 0 Å². The number of benzene rings is 3. The smallest absolute Gasteiger partial charge is 0.335 e. The predicted octanol–water partition coefficient (Wildman–Crippen LogP) is 8.08. The van der Waals surface area contributed by atoms with Crippen molar-refractivity contribution in [2.75, 3.05) is 18.1 Å². The molecule has 1 aliphatic carbocycles. The summed E-state index contributed by atoms with van der Waals surface area (Å²) in [6, 6.07) is 12.8. The molecule has 1 N–H and O–H groups in total. The van der Waals surface area contributed by atoms with E-state index in [0.717, 1.165) is 66.7 Å². The number of aromatic nitrogens is 2. The van der Waals surface area contributed by atoms with Gasteiger partial charge in [0.05, 0.1) is 17.9 Å². The van der Waals surface area contributed by atoms with E-state index in [9.17, 15) is 14.7 Å². The van der Waals surface area contributed by atoms with Gasteiger partial charge in [0.1, 0.15) is 5.75 Å². The Morgan fingerprint density at radius 1 is 1.00 bits per heavy atom. The summed E-state index contributed by atoms with van der Waals surface area (Å²) in [7, 11) is 1.92. The first-order valence-corrected chi connectivity index (χ1v) is 15.8. The average Bonchev–Trinajstić information content (AvgIpc) is 3.66. The van der Waals surface area contributed by atoms with Crippen LogP contribution in [0.1, 0.15) is 62.4 Å². The van der Waals surface area contributed by atoms with Crippen molar-refractivity contribution in [3.8, 4) is 16.9 Å². The molecule has 7 nitrogen and oxygen atoms in total. The quantitative estimate of drug-likeness (QED) is 0.196. The van der Waals surface area contributed by atoms with Gasteiger partial charge in [0.25, 0.3) is 5.91 Å². The normalized spacial score (nSPS) is 13.8. The maximum Gasteiger partial charge on any atom is 0.335 e. The summed E-state index contributed by atoms with van der Waals surface area (Å²) < 4.78 is 7.99. The third kappa shape index (κ3) is 5.53. The number of aromatic carboxylic acids is 1. The highest BCUT2D eigenvalue weighted by molar-refractivity contribution is 6.34. The van der Waals surface area contributed by atoms with Crippen LogP contribution in [-0.4, -0.2) is 39.9 Å². The summed E-state index contributed by atoms with van der Waals surface area (Å²) in [5, 5.41) is 15.6. The number of carbonyl (C=O) groups is 2. The van der Waals surface area contributed by atoms with Crippen molar-refractivity contribution < 1.29 is 19.4 Å². The van der Waals surface area contributed by atoms with E-state index in [2.05, 4.69) is 5.10 Å². The standard InChI is InChI=1S/C36H35Cl2N3O4/c1-19-15-25(16-20(2)34(19)38)45-14-6-7-26-27-10-11-30(37)33(32-21(3)39-40(5)22(32)4)28(27)18-29(26)35(42)41-13-12-23-8-9-24(36(43)44)17-31(23)41/h8-11,15-17H,6-7,12-14,18H2,1-5H3,(H,43,44). The van der Waals surface area contributed by atoms with Crippen LogP contribution in [0.2, 0.25) is 10.0 Å². The molecule has 0 bridgehead atoms. The van der Waals surface area contributed by atoms with Gasteiger partial charge in [-0.05, 0) is 111 Å². The minimum absolute atomic E-state index is 0.103. The first-order chi connectivity index (χ1) is 21.5. The van der Waals surface area contributed by atoms with Crippen LogP contribution >= 0.6 is 23.2 Å². The Kier molecular flexibility index (Phi) is 8.27. The summed E-state index contributed by atoms with van der Waals surface area (Å²) in [5.74, 6) is -0.349. The zero-order valence-corrected chi connectivity index (χ0v) is 27.6. The lowest BCUT2D eigenvalue weighted by molar-refractivity contribution is -0.115. The van der Waals surface area contributed by atoms with E-state index in [4.69, 9.17) is 27.9 Å². The van der Waals surface area contributed by atoms with Crippen LogP contribution in [0.3, 0.4) is 0 Å². The Morgan fingerprint density at radius 2 is 1.73 bits per heavy atom. The second-order valence-electron chi connectivity index (χ2n) is 11.9. The van der Waals surface area contributed by atoms with Crippen molar-refractivity contribution in [3.05, 3.63) is 103 Å². The molecule has 6 rings (SSSR count). The van der Waals surface area contributed by atoms with Gasteiger partial charge in [-0.1, -0.05) is 35.3 Å². The number of anilines is 1. The van der Waals surface area contributed by atoms with E-state index in [1.807, 2.05) is 69.8 Å². The zero-order chi connectivity index (χ0) is 32.2. The molecule has 0 saturated heterocycles. The number of amides is 1. The molecule has 0 atom stereocenters. The van der Waals surface area contributed by atoms with Gasteiger partial charge >= 0.3 is 5.97 Å². The van der Waals surface area contributed by atoms with Crippen LogP contribution in [0.5, 0.6) is 5.75 Å². The maximum atomic E-state index is 14.4. The molecule has 1 aromatic heterocycles. The summed E-state index contributed by atoms with van der Waals surface area (Å²) in [5.41, 5.74) is 11.2. The van der Waals surface area contributed by atoms with Crippen LogP contribution < -0.4 is 9.64 Å². The first kappa shape index (κ1) is 30.9. The minimum atomic E-state index is -1.02. The molecular formula is C36H35Cl2N3O4.